The van der Waals surface area contributed by atoms with Crippen molar-refractivity contribution >= 4 is 46.9 Å². The Balaban J connectivity index is 0. The topological polar surface area (TPSA) is 401 Å². The molecular weight excluding hydrogens is 789 g/mol. The Morgan fingerprint density at radius 1 is 0.413 bits per heavy atom. The number of hydrogen-bond acceptors (Lipinski definition) is 12. The van der Waals surface area contributed by atoms with Gasteiger partial charge < -0.3 is 65.6 Å². The summed E-state index contributed by atoms with van der Waals surface area (Å²) in [7, 11) is -36.1. The van der Waals surface area contributed by atoms with Gasteiger partial charge in [0.1, 0.15) is 36.6 Å². The minimum Gasteiger partial charge on any atom is -0.343 e. The fraction of sp³-hybridized carbons (Fsp3) is 0.933. The molecule has 0 aromatic rings. The third-order valence-corrected chi connectivity index (χ3v) is 8.21. The molecule has 1 rings (SSSR count). The summed E-state index contributed by atoms with van der Waals surface area (Å²) in [6, 6.07) is 0. The quantitative estimate of drug-likeness (QED) is 0.0293. The summed E-state index contributed by atoms with van der Waals surface area (Å²) in [5.74, 6) is 0. The van der Waals surface area contributed by atoms with E-state index in [1.165, 1.54) is 38.5 Å². The van der Waals surface area contributed by atoms with Crippen LogP contribution < -0.4 is 51.4 Å². The van der Waals surface area contributed by atoms with Gasteiger partial charge in [0, 0.05) is 0 Å². The van der Waals surface area contributed by atoms with Crippen LogP contribution in [0.3, 0.4) is 0 Å². The fourth-order valence-corrected chi connectivity index (χ4v) is 7.09. The van der Waals surface area contributed by atoms with Crippen molar-refractivity contribution in [2.24, 2.45) is 0 Å². The molecule has 1 aliphatic rings. The van der Waals surface area contributed by atoms with Crippen LogP contribution in [0, 0.1) is 6.92 Å². The zero-order valence-electron chi connectivity index (χ0n) is 24.1. The van der Waals surface area contributed by atoms with Crippen LogP contribution >= 0.6 is 46.9 Å². The normalized spacial score (nSPS) is 24.9. The van der Waals surface area contributed by atoms with Crippen molar-refractivity contribution in [3.05, 3.63) is 6.92 Å². The first kappa shape index (κ1) is 50.4. The Morgan fingerprint density at radius 2 is 0.587 bits per heavy atom. The zero-order chi connectivity index (χ0) is 35.7. The molecule has 0 radical (unpaired) electrons. The van der Waals surface area contributed by atoms with Crippen molar-refractivity contribution in [1.82, 2.24) is 0 Å². The largest absolute Gasteiger partial charge is 1.00 e. The van der Waals surface area contributed by atoms with E-state index in [1.807, 2.05) is 0 Å². The van der Waals surface area contributed by atoms with Gasteiger partial charge in [0.05, 0.1) is 0 Å². The predicted molar refractivity (Wildman–Crippen MR) is 145 cm³/mol. The number of rotatable bonds is 18. The molecule has 0 aliphatic heterocycles. The van der Waals surface area contributed by atoms with Crippen molar-refractivity contribution in [2.75, 3.05) is 0 Å². The third-order valence-electron chi connectivity index (χ3n) is 5.10. The van der Waals surface area contributed by atoms with Gasteiger partial charge >= 0.3 is 98.3 Å². The van der Waals surface area contributed by atoms with E-state index in [1.54, 1.807) is 0 Å². The third kappa shape index (κ3) is 24.5. The van der Waals surface area contributed by atoms with Gasteiger partial charge in [0.15, 0.2) is 0 Å². The van der Waals surface area contributed by atoms with Crippen LogP contribution in [0.25, 0.3) is 0 Å². The molecule has 46 heavy (non-hydrogen) atoms. The summed E-state index contributed by atoms with van der Waals surface area (Å²) in [6.45, 7) is 6.05. The summed E-state index contributed by atoms with van der Waals surface area (Å²) >= 11 is 0. The maximum absolute atomic E-state index is 11.4. The Hall–Kier alpha value is 2.30. The molecule has 0 aromatic carbocycles. The number of unbranched alkanes of at least 4 members (excludes halogenated alkanes) is 6. The van der Waals surface area contributed by atoms with Crippen LogP contribution in [0.15, 0.2) is 0 Å². The molecule has 0 saturated heterocycles. The maximum atomic E-state index is 11.4. The molecule has 0 atom stereocenters. The van der Waals surface area contributed by atoms with Crippen LogP contribution in [0.2, 0.25) is 0 Å². The van der Waals surface area contributed by atoms with E-state index in [-0.39, 0.29) is 51.4 Å². The molecule has 272 valence electrons. The predicted octanol–water partition coefficient (Wildman–Crippen LogP) is -2.56. The molecule has 31 heteroatoms. The monoisotopic (exact) mass is 826 g/mol. The van der Waals surface area contributed by atoms with E-state index in [4.69, 9.17) is 58.7 Å². The first-order valence-corrected chi connectivity index (χ1v) is 21.4. The van der Waals surface area contributed by atoms with Gasteiger partial charge in [-0.05, 0) is 0 Å². The second kappa shape index (κ2) is 21.1. The maximum Gasteiger partial charge on any atom is 1.00 e. The molecule has 1 aliphatic carbocycles. The van der Waals surface area contributed by atoms with E-state index < -0.39 is 83.6 Å². The zero-order valence-corrected chi connectivity index (χ0v) is 32.6. The second-order valence-corrected chi connectivity index (χ2v) is 16.1. The summed E-state index contributed by atoms with van der Waals surface area (Å²) in [5.41, 5.74) is 0. The van der Waals surface area contributed by atoms with E-state index in [9.17, 15) is 27.4 Å². The van der Waals surface area contributed by atoms with E-state index in [0.29, 0.717) is 0 Å². The van der Waals surface area contributed by atoms with E-state index in [0.717, 1.165) is 6.42 Å². The molecule has 24 nitrogen and oxygen atoms in total. The van der Waals surface area contributed by atoms with Crippen LogP contribution in [-0.2, 0) is 54.5 Å². The van der Waals surface area contributed by atoms with Crippen LogP contribution in [0.1, 0.15) is 51.9 Å². The minimum atomic E-state index is -6.02. The molecule has 12 N–H and O–H groups in total. The van der Waals surface area contributed by atoms with Crippen LogP contribution in [-0.4, -0.2) is 95.3 Å². The average Bonchev–Trinajstić information content (AvgIpc) is 2.77. The molecule has 0 unspecified atom stereocenters. The summed E-state index contributed by atoms with van der Waals surface area (Å²) in [4.78, 5) is 110. The Labute approximate surface area is 304 Å². The van der Waals surface area contributed by atoms with E-state index in [2.05, 4.69) is 41.0 Å². The molecule has 0 heterocycles. The van der Waals surface area contributed by atoms with Crippen LogP contribution in [0.5, 0.6) is 0 Å². The van der Waals surface area contributed by atoms with Gasteiger partial charge in [0.2, 0.25) is 0 Å². The van der Waals surface area contributed by atoms with Gasteiger partial charge in [-0.3, -0.25) is 27.1 Å². The second-order valence-electron chi connectivity index (χ2n) is 8.98. The number of phosphoric acid groups is 6. The molecular formula is C15H37KO24P6. The van der Waals surface area contributed by atoms with Crippen molar-refractivity contribution in [1.29, 1.82) is 0 Å². The van der Waals surface area contributed by atoms with Crippen molar-refractivity contribution in [3.8, 4) is 0 Å². The van der Waals surface area contributed by atoms with Gasteiger partial charge in [-0.1, -0.05) is 45.4 Å². The molecule has 1 fully saturated rings. The first-order chi connectivity index (χ1) is 20.0. The Bertz CT molecular complexity index is 947. The molecule has 0 aromatic heterocycles. The molecule has 0 bridgehead atoms. The summed E-state index contributed by atoms with van der Waals surface area (Å²) in [6.07, 6.45) is -9.41. The van der Waals surface area contributed by atoms with E-state index >= 15 is 0 Å². The molecule has 0 spiro atoms. The SMILES string of the molecule is O=P(O)(O)OC1C(OP(=O)(O)O)C(OP(=O)(O)O)C(OP(=O)(O)O)C(OP(=O)(O)O)C1OP(=O)(O)O.[CH2-]CCCCCCCC.[K+]. The van der Waals surface area contributed by atoms with Gasteiger partial charge in [0.25, 0.3) is 0 Å². The van der Waals surface area contributed by atoms with Gasteiger partial charge in [-0.25, -0.2) is 27.4 Å². The Morgan fingerprint density at radius 3 is 0.739 bits per heavy atom. The van der Waals surface area contributed by atoms with Gasteiger partial charge in [-0.15, -0.1) is 0 Å². The molecule has 0 amide bonds. The fourth-order valence-electron chi connectivity index (χ4n) is 3.75. The number of phosphoric ester groups is 6. The number of hydrogen-bond donors (Lipinski definition) is 12. The summed E-state index contributed by atoms with van der Waals surface area (Å²) < 4.78 is 93.1. The average molecular weight is 826 g/mol. The van der Waals surface area contributed by atoms with Gasteiger partial charge in [-0.2, -0.15) is 6.42 Å². The smallest absolute Gasteiger partial charge is 0.343 e. The van der Waals surface area contributed by atoms with Crippen molar-refractivity contribution in [3.63, 3.8) is 0 Å². The standard InChI is InChI=1S/C9H19.C6H18O24P6.K/c1-3-5-7-9-8-6-4-2;7-31(8,9)25-1-2(26-32(10,11)12)4(28-34(16,17)18)6(30-36(22,23)24)5(29-35(19,20)21)3(1)27-33(13,14)15;/h1,3-9H2,2H3;1-6H,(H2,7,8,9)(H2,10,11,12)(H2,13,14,15)(H2,16,17,18)(H2,19,20,21)(H2,22,23,24);/q-1;;+1. The first-order valence-electron chi connectivity index (χ1n) is 12.2. The summed E-state index contributed by atoms with van der Waals surface area (Å²) in [5, 5.41) is 0. The van der Waals surface area contributed by atoms with Crippen molar-refractivity contribution in [2.45, 2.75) is 88.5 Å². The van der Waals surface area contributed by atoms with Crippen molar-refractivity contribution < 1.29 is 165 Å². The Kier molecular flexibility index (Phi) is 23.1. The molecule has 1 saturated carbocycles. The minimum absolute atomic E-state index is 0. The van der Waals surface area contributed by atoms with Crippen LogP contribution in [0.4, 0.5) is 0 Å².